The molecule has 0 unspecified atom stereocenters. The van der Waals surface area contributed by atoms with Gasteiger partial charge in [0.25, 0.3) is 5.91 Å². The van der Waals surface area contributed by atoms with Gasteiger partial charge in [-0.05, 0) is 25.1 Å². The molecule has 0 aliphatic rings. The molecule has 0 aliphatic carbocycles. The highest BCUT2D eigenvalue weighted by Crippen LogP contribution is 2.17. The van der Waals surface area contributed by atoms with E-state index in [1.807, 2.05) is 0 Å². The van der Waals surface area contributed by atoms with Crippen molar-refractivity contribution >= 4 is 17.4 Å². The normalized spacial score (nSPS) is 9.90. The molecule has 0 saturated carbocycles. The van der Waals surface area contributed by atoms with Gasteiger partial charge in [-0.3, -0.25) is 9.59 Å². The fourth-order valence-corrected chi connectivity index (χ4v) is 1.74. The minimum absolute atomic E-state index is 0.112. The Kier molecular flexibility index (Phi) is 4.10. The van der Waals surface area contributed by atoms with E-state index in [-0.39, 0.29) is 11.5 Å². The number of benzene rings is 1. The lowest BCUT2D eigenvalue weighted by Gasteiger charge is -2.09. The van der Waals surface area contributed by atoms with Crippen LogP contribution in [-0.2, 0) is 0 Å². The molecule has 1 aromatic carbocycles. The Hall–Kier alpha value is -2.69. The summed E-state index contributed by atoms with van der Waals surface area (Å²) in [6, 6.07) is 11.7. The molecule has 2 rings (SSSR count). The highest BCUT2D eigenvalue weighted by atomic mass is 16.5. The molecule has 0 aliphatic heterocycles. The van der Waals surface area contributed by atoms with E-state index in [1.165, 1.54) is 14.0 Å². The number of nitrogens with zero attached hydrogens (tertiary/aromatic N) is 1. The summed E-state index contributed by atoms with van der Waals surface area (Å²) in [6.45, 7) is 1.45. The Morgan fingerprint density at radius 2 is 1.85 bits per heavy atom. The van der Waals surface area contributed by atoms with Crippen molar-refractivity contribution in [1.82, 2.24) is 4.98 Å². The van der Waals surface area contributed by atoms with Crippen molar-refractivity contribution in [2.24, 2.45) is 0 Å². The maximum absolute atomic E-state index is 12.1. The minimum atomic E-state index is -0.391. The molecule has 5 heteroatoms. The third kappa shape index (κ3) is 3.00. The predicted octanol–water partition coefficient (Wildman–Crippen LogP) is 2.55. The van der Waals surface area contributed by atoms with Crippen LogP contribution in [0, 0.1) is 0 Å². The van der Waals surface area contributed by atoms with Gasteiger partial charge < -0.3 is 10.1 Å². The van der Waals surface area contributed by atoms with Gasteiger partial charge in [0.05, 0.1) is 12.8 Å². The molecule has 1 N–H and O–H groups in total. The summed E-state index contributed by atoms with van der Waals surface area (Å²) < 4.78 is 4.97. The highest BCUT2D eigenvalue weighted by molar-refractivity contribution is 6.08. The number of amides is 1. The molecule has 20 heavy (non-hydrogen) atoms. The van der Waals surface area contributed by atoms with Gasteiger partial charge in [0.15, 0.2) is 5.78 Å². The number of para-hydroxylation sites is 1. The Morgan fingerprint density at radius 1 is 1.10 bits per heavy atom. The number of ether oxygens (including phenoxy) is 1. The van der Waals surface area contributed by atoms with E-state index in [0.717, 1.165) is 0 Å². The second-order valence-electron chi connectivity index (χ2n) is 4.12. The van der Waals surface area contributed by atoms with E-state index in [2.05, 4.69) is 10.3 Å². The van der Waals surface area contributed by atoms with Crippen LogP contribution >= 0.6 is 0 Å². The van der Waals surface area contributed by atoms with Crippen LogP contribution in [0.5, 0.6) is 5.88 Å². The number of ketones is 1. The number of anilines is 1. The van der Waals surface area contributed by atoms with Crippen LogP contribution in [0.2, 0.25) is 0 Å². The molecule has 1 amide bonds. The zero-order valence-corrected chi connectivity index (χ0v) is 11.2. The Labute approximate surface area is 116 Å². The van der Waals surface area contributed by atoms with E-state index in [4.69, 9.17) is 4.74 Å². The van der Waals surface area contributed by atoms with Crippen molar-refractivity contribution < 1.29 is 14.3 Å². The summed E-state index contributed by atoms with van der Waals surface area (Å²) in [7, 11) is 1.48. The van der Waals surface area contributed by atoms with Crippen molar-refractivity contribution in [3.05, 3.63) is 53.7 Å². The minimum Gasteiger partial charge on any atom is -0.481 e. The Morgan fingerprint density at radius 3 is 2.55 bits per heavy atom. The van der Waals surface area contributed by atoms with E-state index in [0.29, 0.717) is 17.1 Å². The second kappa shape index (κ2) is 5.97. The number of hydrogen-bond donors (Lipinski definition) is 1. The van der Waals surface area contributed by atoms with Crippen LogP contribution in [0.4, 0.5) is 5.69 Å². The lowest BCUT2D eigenvalue weighted by Crippen LogP contribution is -2.15. The molecule has 1 heterocycles. The summed E-state index contributed by atoms with van der Waals surface area (Å²) in [5.41, 5.74) is 1.15. The Balaban J connectivity index is 2.25. The third-order valence-electron chi connectivity index (χ3n) is 2.72. The van der Waals surface area contributed by atoms with Crippen molar-refractivity contribution in [2.75, 3.05) is 12.4 Å². The monoisotopic (exact) mass is 270 g/mol. The molecule has 5 nitrogen and oxygen atoms in total. The fourth-order valence-electron chi connectivity index (χ4n) is 1.74. The summed E-state index contributed by atoms with van der Waals surface area (Å²) in [4.78, 5) is 27.7. The van der Waals surface area contributed by atoms with Crippen LogP contribution in [0.3, 0.4) is 0 Å². The fraction of sp³-hybridized carbons (Fsp3) is 0.133. The summed E-state index contributed by atoms with van der Waals surface area (Å²) in [5.74, 6) is -0.144. The average Bonchev–Trinajstić information content (AvgIpc) is 2.47. The van der Waals surface area contributed by atoms with Gasteiger partial charge in [-0.2, -0.15) is 0 Å². The number of methoxy groups -OCH3 is 1. The third-order valence-corrected chi connectivity index (χ3v) is 2.72. The summed E-state index contributed by atoms with van der Waals surface area (Å²) >= 11 is 0. The molecule has 0 bridgehead atoms. The maximum atomic E-state index is 12.1. The second-order valence-corrected chi connectivity index (χ2v) is 4.12. The van der Waals surface area contributed by atoms with Crippen LogP contribution < -0.4 is 10.1 Å². The van der Waals surface area contributed by atoms with Crippen LogP contribution in [0.1, 0.15) is 27.8 Å². The van der Waals surface area contributed by atoms with Gasteiger partial charge in [-0.15, -0.1) is 0 Å². The van der Waals surface area contributed by atoms with Gasteiger partial charge in [-0.25, -0.2) is 4.98 Å². The van der Waals surface area contributed by atoms with Crippen LogP contribution in [-0.4, -0.2) is 23.8 Å². The first kappa shape index (κ1) is 13.7. The molecule has 2 aromatic rings. The first-order valence-electron chi connectivity index (χ1n) is 6.04. The van der Waals surface area contributed by atoms with Crippen LogP contribution in [0.15, 0.2) is 42.5 Å². The van der Waals surface area contributed by atoms with Crippen molar-refractivity contribution in [2.45, 2.75) is 6.92 Å². The first-order valence-corrected chi connectivity index (χ1v) is 6.04. The van der Waals surface area contributed by atoms with E-state index in [1.54, 1.807) is 42.5 Å². The SMILES string of the molecule is COc1cccc(C(=O)Nc2ccccc2C(C)=O)n1. The molecule has 0 fully saturated rings. The molecular formula is C15H14N2O3. The summed E-state index contributed by atoms with van der Waals surface area (Å²) in [6.07, 6.45) is 0. The van der Waals surface area contributed by atoms with Crippen molar-refractivity contribution in [3.8, 4) is 5.88 Å². The number of carbonyl (C=O) groups excluding carboxylic acids is 2. The topological polar surface area (TPSA) is 68.3 Å². The van der Waals surface area contributed by atoms with E-state index < -0.39 is 5.91 Å². The molecule has 0 saturated heterocycles. The molecule has 0 radical (unpaired) electrons. The zero-order chi connectivity index (χ0) is 14.5. The smallest absolute Gasteiger partial charge is 0.274 e. The predicted molar refractivity (Wildman–Crippen MR) is 75.2 cm³/mol. The van der Waals surface area contributed by atoms with E-state index >= 15 is 0 Å². The number of aromatic nitrogens is 1. The molecule has 0 atom stereocenters. The van der Waals surface area contributed by atoms with Gasteiger partial charge in [0.2, 0.25) is 5.88 Å². The van der Waals surface area contributed by atoms with Gasteiger partial charge in [-0.1, -0.05) is 18.2 Å². The first-order chi connectivity index (χ1) is 9.61. The number of rotatable bonds is 4. The number of nitrogens with one attached hydrogen (secondary N) is 1. The number of hydrogen-bond acceptors (Lipinski definition) is 4. The van der Waals surface area contributed by atoms with Gasteiger partial charge >= 0.3 is 0 Å². The molecule has 0 spiro atoms. The lowest BCUT2D eigenvalue weighted by molar-refractivity contribution is 0.101. The Bertz CT molecular complexity index is 653. The molecule has 1 aromatic heterocycles. The zero-order valence-electron chi connectivity index (χ0n) is 11.2. The van der Waals surface area contributed by atoms with Gasteiger partial charge in [0, 0.05) is 11.6 Å². The highest BCUT2D eigenvalue weighted by Gasteiger charge is 2.12. The van der Waals surface area contributed by atoms with Gasteiger partial charge in [0.1, 0.15) is 5.69 Å². The average molecular weight is 270 g/mol. The quantitative estimate of drug-likeness (QED) is 0.867. The molecular weight excluding hydrogens is 256 g/mol. The van der Waals surface area contributed by atoms with Crippen molar-refractivity contribution in [3.63, 3.8) is 0 Å². The molecule has 102 valence electrons. The largest absolute Gasteiger partial charge is 0.481 e. The maximum Gasteiger partial charge on any atom is 0.274 e. The number of carbonyl (C=O) groups is 2. The van der Waals surface area contributed by atoms with E-state index in [9.17, 15) is 9.59 Å². The lowest BCUT2D eigenvalue weighted by atomic mass is 10.1. The number of pyridine rings is 1. The summed E-state index contributed by atoms with van der Waals surface area (Å²) in [5, 5.41) is 2.68. The van der Waals surface area contributed by atoms with Crippen LogP contribution in [0.25, 0.3) is 0 Å². The standard InChI is InChI=1S/C15H14N2O3/c1-10(18)11-6-3-4-7-12(11)17-15(19)13-8-5-9-14(16-13)20-2/h3-9H,1-2H3,(H,17,19). The van der Waals surface area contributed by atoms with Crippen molar-refractivity contribution in [1.29, 1.82) is 0 Å². The number of Topliss-reactive ketones (excluding diaryl/α,β-unsaturated/α-hetero) is 1.